The molecule has 110 valence electrons. The third-order valence-corrected chi connectivity index (χ3v) is 3.20. The molecule has 1 aromatic heterocycles. The van der Waals surface area contributed by atoms with E-state index < -0.39 is 12.0 Å². The Morgan fingerprint density at radius 2 is 1.95 bits per heavy atom. The van der Waals surface area contributed by atoms with Crippen molar-refractivity contribution in [3.8, 4) is 0 Å². The molecule has 5 nitrogen and oxygen atoms in total. The molecule has 0 aliphatic rings. The molecule has 2 aromatic rings. The first-order valence-corrected chi connectivity index (χ1v) is 6.86. The van der Waals surface area contributed by atoms with Gasteiger partial charge in [0.1, 0.15) is 6.04 Å². The van der Waals surface area contributed by atoms with Gasteiger partial charge in [0.25, 0.3) is 5.91 Å². The molecule has 0 saturated heterocycles. The molecule has 0 aliphatic heterocycles. The molecular formula is C16H18N2O3. The van der Waals surface area contributed by atoms with Crippen LogP contribution in [0.3, 0.4) is 0 Å². The number of nitrogens with zero attached hydrogens (tertiary/aromatic N) is 1. The molecule has 1 heterocycles. The zero-order valence-corrected chi connectivity index (χ0v) is 12.0. The second kappa shape index (κ2) is 6.35. The normalized spacial score (nSPS) is 12.3. The molecular weight excluding hydrogens is 268 g/mol. The average molecular weight is 286 g/mol. The number of pyridine rings is 1. The lowest BCUT2D eigenvalue weighted by molar-refractivity contribution is -0.139. The van der Waals surface area contributed by atoms with Gasteiger partial charge in [-0.05, 0) is 24.5 Å². The topological polar surface area (TPSA) is 79.3 Å². The Morgan fingerprint density at radius 1 is 1.24 bits per heavy atom. The maximum absolute atomic E-state index is 12.4. The smallest absolute Gasteiger partial charge is 0.326 e. The first-order valence-electron chi connectivity index (χ1n) is 6.86. The zero-order chi connectivity index (χ0) is 15.4. The molecule has 1 aromatic carbocycles. The maximum atomic E-state index is 12.4. The molecule has 0 saturated carbocycles. The Labute approximate surface area is 123 Å². The van der Waals surface area contributed by atoms with Crippen LogP contribution >= 0.6 is 0 Å². The number of carbonyl (C=O) groups is 2. The lowest BCUT2D eigenvalue weighted by Gasteiger charge is -2.17. The van der Waals surface area contributed by atoms with E-state index in [2.05, 4.69) is 10.3 Å². The monoisotopic (exact) mass is 286 g/mol. The van der Waals surface area contributed by atoms with Crippen LogP contribution < -0.4 is 5.32 Å². The average Bonchev–Trinajstić information content (AvgIpc) is 2.45. The quantitative estimate of drug-likeness (QED) is 0.885. The summed E-state index contributed by atoms with van der Waals surface area (Å²) in [6.45, 7) is 3.84. The van der Waals surface area contributed by atoms with Crippen LogP contribution in [0.15, 0.2) is 36.5 Å². The summed E-state index contributed by atoms with van der Waals surface area (Å²) < 4.78 is 0. The van der Waals surface area contributed by atoms with E-state index >= 15 is 0 Å². The van der Waals surface area contributed by atoms with E-state index in [1.54, 1.807) is 18.3 Å². The van der Waals surface area contributed by atoms with Gasteiger partial charge in [0.05, 0.1) is 11.1 Å². The van der Waals surface area contributed by atoms with Crippen LogP contribution in [0.4, 0.5) is 0 Å². The van der Waals surface area contributed by atoms with Crippen molar-refractivity contribution in [1.82, 2.24) is 10.3 Å². The van der Waals surface area contributed by atoms with Gasteiger partial charge in [-0.15, -0.1) is 0 Å². The van der Waals surface area contributed by atoms with Crippen molar-refractivity contribution in [2.75, 3.05) is 0 Å². The highest BCUT2D eigenvalue weighted by atomic mass is 16.4. The van der Waals surface area contributed by atoms with E-state index in [1.165, 1.54) is 0 Å². The summed E-state index contributed by atoms with van der Waals surface area (Å²) in [6.07, 6.45) is 1.94. The minimum atomic E-state index is -1.02. The van der Waals surface area contributed by atoms with Gasteiger partial charge >= 0.3 is 5.97 Å². The summed E-state index contributed by atoms with van der Waals surface area (Å²) in [5.41, 5.74) is 1.15. The minimum absolute atomic E-state index is 0.181. The number of aliphatic carboxylic acids is 1. The third kappa shape index (κ3) is 3.56. The highest BCUT2D eigenvalue weighted by Crippen LogP contribution is 2.16. The number of fused-ring (bicyclic) bond motifs is 1. The van der Waals surface area contributed by atoms with Gasteiger partial charge in [0.15, 0.2) is 0 Å². The SMILES string of the molecule is CC(C)C[C@H](NC(=O)c1ccnc2ccccc12)C(=O)O. The number of rotatable bonds is 5. The van der Waals surface area contributed by atoms with E-state index in [0.29, 0.717) is 22.9 Å². The predicted octanol–water partition coefficient (Wildman–Crippen LogP) is 2.46. The molecule has 5 heteroatoms. The fraction of sp³-hybridized carbons (Fsp3) is 0.312. The Morgan fingerprint density at radius 3 is 2.62 bits per heavy atom. The summed E-state index contributed by atoms with van der Waals surface area (Å²) in [5, 5.41) is 12.5. The highest BCUT2D eigenvalue weighted by molar-refractivity contribution is 6.06. The number of hydrogen-bond acceptors (Lipinski definition) is 3. The lowest BCUT2D eigenvalue weighted by atomic mass is 10.0. The Hall–Kier alpha value is -2.43. The van der Waals surface area contributed by atoms with Crippen molar-refractivity contribution in [2.45, 2.75) is 26.3 Å². The van der Waals surface area contributed by atoms with Crippen LogP contribution in [0.2, 0.25) is 0 Å². The van der Waals surface area contributed by atoms with Crippen molar-refractivity contribution in [3.63, 3.8) is 0 Å². The van der Waals surface area contributed by atoms with E-state index in [-0.39, 0.29) is 11.8 Å². The molecule has 0 fully saturated rings. The number of aromatic nitrogens is 1. The number of amides is 1. The Balaban J connectivity index is 2.27. The second-order valence-corrected chi connectivity index (χ2v) is 5.37. The maximum Gasteiger partial charge on any atom is 0.326 e. The number of carboxylic acids is 1. The predicted molar refractivity (Wildman–Crippen MR) is 80.1 cm³/mol. The number of nitrogens with one attached hydrogen (secondary N) is 1. The van der Waals surface area contributed by atoms with E-state index in [1.807, 2.05) is 32.0 Å². The summed E-state index contributed by atoms with van der Waals surface area (Å²) in [4.78, 5) is 27.8. The minimum Gasteiger partial charge on any atom is -0.480 e. The van der Waals surface area contributed by atoms with Gasteiger partial charge in [-0.2, -0.15) is 0 Å². The Bertz CT molecular complexity index is 662. The molecule has 2 N–H and O–H groups in total. The number of carboxylic acid groups (broad SMARTS) is 1. The van der Waals surface area contributed by atoms with Crippen LogP contribution in [0.1, 0.15) is 30.6 Å². The van der Waals surface area contributed by atoms with Crippen LogP contribution in [0.25, 0.3) is 10.9 Å². The second-order valence-electron chi connectivity index (χ2n) is 5.37. The van der Waals surface area contributed by atoms with Crippen LogP contribution in [0, 0.1) is 5.92 Å². The zero-order valence-electron chi connectivity index (χ0n) is 12.0. The van der Waals surface area contributed by atoms with Gasteiger partial charge in [0.2, 0.25) is 0 Å². The molecule has 0 unspecified atom stereocenters. The third-order valence-electron chi connectivity index (χ3n) is 3.20. The number of carbonyl (C=O) groups excluding carboxylic acids is 1. The van der Waals surface area contributed by atoms with Gasteiger partial charge < -0.3 is 10.4 Å². The molecule has 1 amide bonds. The van der Waals surface area contributed by atoms with E-state index in [0.717, 1.165) is 0 Å². The summed E-state index contributed by atoms with van der Waals surface area (Å²) in [6, 6.07) is 8.00. The van der Waals surface area contributed by atoms with Crippen LogP contribution in [-0.2, 0) is 4.79 Å². The lowest BCUT2D eigenvalue weighted by Crippen LogP contribution is -2.41. The molecule has 0 radical (unpaired) electrons. The first-order chi connectivity index (χ1) is 9.99. The van der Waals surface area contributed by atoms with Crippen molar-refractivity contribution in [1.29, 1.82) is 0 Å². The van der Waals surface area contributed by atoms with Crippen molar-refractivity contribution >= 4 is 22.8 Å². The van der Waals surface area contributed by atoms with Crippen molar-refractivity contribution in [2.24, 2.45) is 5.92 Å². The standard InChI is InChI=1S/C16H18N2O3/c1-10(2)9-14(16(20)21)18-15(19)12-7-8-17-13-6-4-3-5-11(12)13/h3-8,10,14H,9H2,1-2H3,(H,18,19)(H,20,21)/t14-/m0/s1. The number of hydrogen-bond donors (Lipinski definition) is 2. The summed E-state index contributed by atoms with van der Waals surface area (Å²) >= 11 is 0. The number of para-hydroxylation sites is 1. The van der Waals surface area contributed by atoms with E-state index in [9.17, 15) is 14.7 Å². The van der Waals surface area contributed by atoms with Crippen LogP contribution in [0.5, 0.6) is 0 Å². The first kappa shape index (κ1) is 15.0. The molecule has 21 heavy (non-hydrogen) atoms. The van der Waals surface area contributed by atoms with Gasteiger partial charge in [-0.25, -0.2) is 4.79 Å². The van der Waals surface area contributed by atoms with Gasteiger partial charge in [-0.3, -0.25) is 9.78 Å². The number of benzene rings is 1. The van der Waals surface area contributed by atoms with Gasteiger partial charge in [-0.1, -0.05) is 32.0 Å². The molecule has 0 aliphatic carbocycles. The Kier molecular flexibility index (Phi) is 4.52. The molecule has 2 rings (SSSR count). The van der Waals surface area contributed by atoms with Crippen molar-refractivity contribution in [3.05, 3.63) is 42.1 Å². The fourth-order valence-electron chi connectivity index (χ4n) is 2.22. The van der Waals surface area contributed by atoms with E-state index in [4.69, 9.17) is 0 Å². The highest BCUT2D eigenvalue weighted by Gasteiger charge is 2.22. The van der Waals surface area contributed by atoms with Crippen LogP contribution in [-0.4, -0.2) is 28.0 Å². The summed E-state index contributed by atoms with van der Waals surface area (Å²) in [7, 11) is 0. The fourth-order valence-corrected chi connectivity index (χ4v) is 2.22. The molecule has 0 bridgehead atoms. The largest absolute Gasteiger partial charge is 0.480 e. The summed E-state index contributed by atoms with van der Waals surface area (Å²) in [5.74, 6) is -1.22. The molecule has 1 atom stereocenters. The van der Waals surface area contributed by atoms with Gasteiger partial charge in [0, 0.05) is 11.6 Å². The molecule has 0 spiro atoms. The van der Waals surface area contributed by atoms with Crippen molar-refractivity contribution < 1.29 is 14.7 Å².